The maximum Gasteiger partial charge on any atom is 0.0608 e. The molecule has 9 atom stereocenters. The lowest BCUT2D eigenvalue weighted by Crippen LogP contribution is -2.50. The fourth-order valence-corrected chi connectivity index (χ4v) is 9.01. The summed E-state index contributed by atoms with van der Waals surface area (Å²) in [7, 11) is 1.91. The minimum absolute atomic E-state index is 0.453. The quantitative estimate of drug-likeness (QED) is 0.387. The first-order valence-corrected chi connectivity index (χ1v) is 13.6. The zero-order valence-electron chi connectivity index (χ0n) is 21.6. The lowest BCUT2D eigenvalue weighted by Gasteiger charge is -2.58. The van der Waals surface area contributed by atoms with Crippen molar-refractivity contribution in [3.05, 3.63) is 23.8 Å². The van der Waals surface area contributed by atoms with Crippen molar-refractivity contribution in [2.45, 2.75) is 105 Å². The molecule has 176 valence electrons. The number of allylic oxidation sites excluding steroid dienone is 3. The third-order valence-electron chi connectivity index (χ3n) is 11.1. The summed E-state index contributed by atoms with van der Waals surface area (Å²) in [6, 6.07) is 0. The number of fused-ring (bicyclic) bond motifs is 5. The van der Waals surface area contributed by atoms with Crippen LogP contribution in [0.4, 0.5) is 0 Å². The molecule has 0 bridgehead atoms. The van der Waals surface area contributed by atoms with Crippen molar-refractivity contribution >= 4 is 0 Å². The molecule has 3 saturated carbocycles. The molecule has 0 aromatic rings. The molecule has 0 heterocycles. The molecule has 1 heteroatoms. The van der Waals surface area contributed by atoms with Crippen LogP contribution in [-0.4, -0.2) is 13.2 Å². The fraction of sp³-hybridized carbons (Fsp3) is 0.867. The second-order valence-electron chi connectivity index (χ2n) is 12.6. The van der Waals surface area contributed by atoms with Crippen molar-refractivity contribution in [2.75, 3.05) is 7.11 Å². The molecular weight excluding hydrogens is 376 g/mol. The molecule has 0 radical (unpaired) electrons. The van der Waals surface area contributed by atoms with Crippen LogP contribution >= 0.6 is 0 Å². The van der Waals surface area contributed by atoms with Gasteiger partial charge in [0.05, 0.1) is 6.10 Å². The topological polar surface area (TPSA) is 9.23 Å². The van der Waals surface area contributed by atoms with Crippen LogP contribution in [0.15, 0.2) is 23.8 Å². The largest absolute Gasteiger partial charge is 0.381 e. The zero-order chi connectivity index (χ0) is 22.4. The standard InChI is InChI=1S/C30H50O/c1-8-22(20(2)3)10-9-21(4)26-13-14-27-25-12-11-23-19-24(31-7)15-17-29(23,5)28(25)16-18-30(26,27)6/h9-11,20-22,24-28H,8,12-19H2,1-7H3/t21-,22-,24-,25+,26-,27+,28+,29+,30-/m1/s1. The minimum Gasteiger partial charge on any atom is -0.381 e. The van der Waals surface area contributed by atoms with Crippen molar-refractivity contribution in [3.8, 4) is 0 Å². The van der Waals surface area contributed by atoms with E-state index in [9.17, 15) is 0 Å². The Kier molecular flexibility index (Phi) is 6.85. The number of rotatable bonds is 6. The van der Waals surface area contributed by atoms with Crippen molar-refractivity contribution in [1.82, 2.24) is 0 Å². The average Bonchev–Trinajstić information content (AvgIpc) is 3.10. The zero-order valence-corrected chi connectivity index (χ0v) is 21.6. The minimum atomic E-state index is 0.453. The van der Waals surface area contributed by atoms with Gasteiger partial charge in [-0.05, 0) is 110 Å². The summed E-state index contributed by atoms with van der Waals surface area (Å²) >= 11 is 0. The van der Waals surface area contributed by atoms with E-state index in [2.05, 4.69) is 59.8 Å². The summed E-state index contributed by atoms with van der Waals surface area (Å²) in [6.45, 7) is 14.9. The average molecular weight is 427 g/mol. The highest BCUT2D eigenvalue weighted by Crippen LogP contribution is 2.67. The van der Waals surface area contributed by atoms with Crippen molar-refractivity contribution in [3.63, 3.8) is 0 Å². The van der Waals surface area contributed by atoms with Gasteiger partial charge in [0.1, 0.15) is 0 Å². The van der Waals surface area contributed by atoms with E-state index in [-0.39, 0.29) is 0 Å². The molecule has 0 aliphatic heterocycles. The van der Waals surface area contributed by atoms with Gasteiger partial charge in [0.15, 0.2) is 0 Å². The lowest BCUT2D eigenvalue weighted by atomic mass is 9.47. The molecule has 31 heavy (non-hydrogen) atoms. The Morgan fingerprint density at radius 2 is 1.81 bits per heavy atom. The number of methoxy groups -OCH3 is 1. The molecule has 0 unspecified atom stereocenters. The molecule has 1 nitrogen and oxygen atoms in total. The van der Waals surface area contributed by atoms with Gasteiger partial charge >= 0.3 is 0 Å². The predicted octanol–water partition coefficient (Wildman–Crippen LogP) is 8.45. The van der Waals surface area contributed by atoms with E-state index < -0.39 is 0 Å². The molecule has 0 N–H and O–H groups in total. The first-order chi connectivity index (χ1) is 14.7. The second-order valence-corrected chi connectivity index (χ2v) is 12.6. The first-order valence-electron chi connectivity index (χ1n) is 13.6. The Bertz CT molecular complexity index is 689. The molecule has 3 fully saturated rings. The number of hydrogen-bond donors (Lipinski definition) is 0. The fourth-order valence-electron chi connectivity index (χ4n) is 9.01. The molecule has 4 aliphatic carbocycles. The van der Waals surface area contributed by atoms with Crippen molar-refractivity contribution in [1.29, 1.82) is 0 Å². The van der Waals surface area contributed by atoms with E-state index in [0.717, 1.165) is 41.4 Å². The molecule has 0 aromatic carbocycles. The van der Waals surface area contributed by atoms with E-state index in [1.165, 1.54) is 57.8 Å². The molecule has 0 spiro atoms. The van der Waals surface area contributed by atoms with Gasteiger partial charge in [0, 0.05) is 7.11 Å². The molecule has 0 aromatic heterocycles. The van der Waals surface area contributed by atoms with Gasteiger partial charge in [0.25, 0.3) is 0 Å². The Labute approximate surface area is 193 Å². The molecule has 0 saturated heterocycles. The van der Waals surface area contributed by atoms with Crippen LogP contribution < -0.4 is 0 Å². The second kappa shape index (κ2) is 9.00. The van der Waals surface area contributed by atoms with Crippen LogP contribution in [0.3, 0.4) is 0 Å². The van der Waals surface area contributed by atoms with Crippen LogP contribution in [0.2, 0.25) is 0 Å². The Balaban J connectivity index is 1.51. The van der Waals surface area contributed by atoms with Crippen molar-refractivity contribution < 1.29 is 4.74 Å². The Hall–Kier alpha value is -0.560. The summed E-state index contributed by atoms with van der Waals surface area (Å²) in [5, 5.41) is 0. The van der Waals surface area contributed by atoms with Gasteiger partial charge in [0.2, 0.25) is 0 Å². The summed E-state index contributed by atoms with van der Waals surface area (Å²) in [5.74, 6) is 5.88. The monoisotopic (exact) mass is 426 g/mol. The van der Waals surface area contributed by atoms with Crippen LogP contribution in [0.25, 0.3) is 0 Å². The molecule has 4 rings (SSSR count). The highest BCUT2D eigenvalue weighted by molar-refractivity contribution is 5.25. The first kappa shape index (κ1) is 23.6. The van der Waals surface area contributed by atoms with Crippen LogP contribution in [0.5, 0.6) is 0 Å². The van der Waals surface area contributed by atoms with E-state index in [4.69, 9.17) is 4.74 Å². The van der Waals surface area contributed by atoms with Gasteiger partial charge in [-0.25, -0.2) is 0 Å². The van der Waals surface area contributed by atoms with Crippen LogP contribution in [0.1, 0.15) is 99.3 Å². The van der Waals surface area contributed by atoms with Gasteiger partial charge < -0.3 is 4.74 Å². The van der Waals surface area contributed by atoms with Crippen molar-refractivity contribution in [2.24, 2.45) is 52.3 Å². The van der Waals surface area contributed by atoms with E-state index in [1.807, 2.05) is 7.11 Å². The highest BCUT2D eigenvalue weighted by atomic mass is 16.5. The van der Waals surface area contributed by atoms with Crippen LogP contribution in [0, 0.1) is 52.3 Å². The third-order valence-corrected chi connectivity index (χ3v) is 11.1. The van der Waals surface area contributed by atoms with Gasteiger partial charge in [-0.15, -0.1) is 0 Å². The van der Waals surface area contributed by atoms with Gasteiger partial charge in [-0.2, -0.15) is 0 Å². The summed E-state index contributed by atoms with van der Waals surface area (Å²) < 4.78 is 5.76. The van der Waals surface area contributed by atoms with Gasteiger partial charge in [-0.1, -0.05) is 65.3 Å². The summed E-state index contributed by atoms with van der Waals surface area (Å²) in [4.78, 5) is 0. The SMILES string of the molecule is CC[C@H](C=C[C@@H](C)[C@H]1CC[C@H]2[C@@H]3CC=C4C[C@H](OC)CC[C@]4(C)[C@H]3CC[C@]12C)C(C)C. The number of hydrogen-bond acceptors (Lipinski definition) is 1. The van der Waals surface area contributed by atoms with E-state index in [0.29, 0.717) is 16.9 Å². The molecular formula is C30H50O. The smallest absolute Gasteiger partial charge is 0.0608 e. The maximum atomic E-state index is 5.76. The third kappa shape index (κ3) is 4.00. The normalized spacial score (nSPS) is 44.5. The predicted molar refractivity (Wildman–Crippen MR) is 133 cm³/mol. The summed E-state index contributed by atoms with van der Waals surface area (Å²) in [5.41, 5.74) is 2.75. The Morgan fingerprint density at radius 3 is 2.48 bits per heavy atom. The lowest BCUT2D eigenvalue weighted by molar-refractivity contribution is -0.0572. The van der Waals surface area contributed by atoms with E-state index in [1.54, 1.807) is 5.57 Å². The van der Waals surface area contributed by atoms with Gasteiger partial charge in [-0.3, -0.25) is 0 Å². The van der Waals surface area contributed by atoms with E-state index >= 15 is 0 Å². The molecule has 0 amide bonds. The molecule has 4 aliphatic rings. The number of ether oxygens (including phenoxy) is 1. The maximum absolute atomic E-state index is 5.76. The highest BCUT2D eigenvalue weighted by Gasteiger charge is 2.59. The van der Waals surface area contributed by atoms with Crippen LogP contribution in [-0.2, 0) is 4.74 Å². The Morgan fingerprint density at radius 1 is 1.03 bits per heavy atom. The summed E-state index contributed by atoms with van der Waals surface area (Å²) in [6.07, 6.45) is 20.6.